The van der Waals surface area contributed by atoms with E-state index in [2.05, 4.69) is 15.6 Å². The van der Waals surface area contributed by atoms with Crippen LogP contribution >= 0.6 is 11.6 Å². The Morgan fingerprint density at radius 3 is 2.55 bits per heavy atom. The molecule has 0 aliphatic heterocycles. The molecule has 0 fully saturated rings. The Hall–Kier alpha value is -0.371. The van der Waals surface area contributed by atoms with Gasteiger partial charge in [-0.25, -0.2) is 0 Å². The third-order valence-electron chi connectivity index (χ3n) is 1.15. The fraction of sp³-hybridized carbons (Fsp3) is 0. The molecule has 0 aromatic heterocycles. The van der Waals surface area contributed by atoms with Crippen LogP contribution in [0.3, 0.4) is 0 Å². The predicted molar refractivity (Wildman–Crippen MR) is 45.5 cm³/mol. The molecule has 0 heterocycles. The number of halogens is 2. The molecule has 0 bridgehead atoms. The van der Waals surface area contributed by atoms with Crippen LogP contribution in [0.4, 0.5) is 4.39 Å². The van der Waals surface area contributed by atoms with E-state index in [0.29, 0.717) is 15.1 Å². The maximum absolute atomic E-state index is 12.6. The number of hydrogen-bond donors (Lipinski definition) is 1. The molecule has 2 N–H and O–H groups in total. The fourth-order valence-electron chi connectivity index (χ4n) is 0.696. The maximum atomic E-state index is 12.6. The number of benzene rings is 1. The summed E-state index contributed by atoms with van der Waals surface area (Å²) in [6.45, 7) is 0. The van der Waals surface area contributed by atoms with E-state index in [1.165, 1.54) is 12.1 Å². The average Bonchev–Trinajstić information content (AvgIpc) is 1.85. The first-order valence-corrected chi connectivity index (χ1v) is 4.09. The fourth-order valence-corrected chi connectivity index (χ4v) is 1.17. The summed E-state index contributed by atoms with van der Waals surface area (Å²) >= 11 is 8.15. The van der Waals surface area contributed by atoms with E-state index in [4.69, 9.17) is 17.3 Å². The van der Waals surface area contributed by atoms with E-state index >= 15 is 0 Å². The Morgan fingerprint density at radius 1 is 1.45 bits per heavy atom. The van der Waals surface area contributed by atoms with Crippen molar-refractivity contribution in [2.24, 2.45) is 5.73 Å². The monoisotopic (exact) mass is 237 g/mol. The molecular formula is C7H5ClFNSe. The molecule has 0 atom stereocenters. The van der Waals surface area contributed by atoms with Crippen molar-refractivity contribution in [2.45, 2.75) is 0 Å². The standard InChI is InChI=1S/C7H5ClFNSe/c8-5-1-4(7(10)11)2-6(9)3-5/h1-3H,(H2,10,11). The molecule has 0 unspecified atom stereocenters. The van der Waals surface area contributed by atoms with E-state index in [9.17, 15) is 4.39 Å². The second-order valence-corrected chi connectivity index (χ2v) is 3.38. The number of hydrogen-bond acceptors (Lipinski definition) is 1. The molecule has 0 saturated carbocycles. The quantitative estimate of drug-likeness (QED) is 0.726. The Morgan fingerprint density at radius 2 is 2.09 bits per heavy atom. The van der Waals surface area contributed by atoms with Crippen LogP contribution in [0.15, 0.2) is 18.2 Å². The molecular weight excluding hydrogens is 231 g/mol. The first-order chi connectivity index (χ1) is 5.09. The molecule has 0 spiro atoms. The molecule has 0 radical (unpaired) electrons. The normalized spacial score (nSPS) is 9.64. The van der Waals surface area contributed by atoms with Crippen LogP contribution in [0.5, 0.6) is 0 Å². The zero-order valence-corrected chi connectivity index (χ0v) is 7.94. The van der Waals surface area contributed by atoms with Crippen LogP contribution in [0.2, 0.25) is 5.02 Å². The molecule has 1 aromatic rings. The van der Waals surface area contributed by atoms with Gasteiger partial charge in [-0.15, -0.1) is 0 Å². The summed E-state index contributed by atoms with van der Waals surface area (Å²) < 4.78 is 13.1. The van der Waals surface area contributed by atoms with Crippen LogP contribution in [-0.4, -0.2) is 20.1 Å². The predicted octanol–water partition coefficient (Wildman–Crippen LogP) is 1.08. The van der Waals surface area contributed by atoms with E-state index in [1.807, 2.05) is 0 Å². The summed E-state index contributed by atoms with van der Waals surface area (Å²) in [5.74, 6) is -0.384. The molecule has 1 aromatic carbocycles. The van der Waals surface area contributed by atoms with Gasteiger partial charge in [0.1, 0.15) is 0 Å². The van der Waals surface area contributed by atoms with E-state index in [-0.39, 0.29) is 5.82 Å². The molecule has 1 rings (SSSR count). The van der Waals surface area contributed by atoms with Crippen molar-refractivity contribution in [3.8, 4) is 0 Å². The van der Waals surface area contributed by atoms with Gasteiger partial charge in [-0.3, -0.25) is 0 Å². The summed E-state index contributed by atoms with van der Waals surface area (Å²) in [6, 6.07) is 4.14. The second-order valence-electron chi connectivity index (χ2n) is 2.02. The third kappa shape index (κ3) is 2.29. The summed E-state index contributed by atoms with van der Waals surface area (Å²) in [6.07, 6.45) is 0. The van der Waals surface area contributed by atoms with Gasteiger partial charge in [0.2, 0.25) is 0 Å². The van der Waals surface area contributed by atoms with Crippen molar-refractivity contribution >= 4 is 31.7 Å². The molecule has 4 heteroatoms. The molecule has 0 aliphatic carbocycles. The molecule has 58 valence electrons. The Balaban J connectivity index is 3.19. The van der Waals surface area contributed by atoms with Crippen LogP contribution in [0.1, 0.15) is 5.56 Å². The van der Waals surface area contributed by atoms with Gasteiger partial charge in [0.25, 0.3) is 0 Å². The zero-order chi connectivity index (χ0) is 8.43. The van der Waals surface area contributed by atoms with Crippen LogP contribution in [-0.2, 0) is 0 Å². The van der Waals surface area contributed by atoms with Crippen LogP contribution in [0.25, 0.3) is 0 Å². The first-order valence-electron chi connectivity index (χ1n) is 2.85. The topological polar surface area (TPSA) is 26.0 Å². The summed E-state index contributed by atoms with van der Waals surface area (Å²) in [7, 11) is 0. The second kappa shape index (κ2) is 3.35. The first kappa shape index (κ1) is 8.72. The van der Waals surface area contributed by atoms with Gasteiger partial charge in [-0.05, 0) is 0 Å². The van der Waals surface area contributed by atoms with E-state index < -0.39 is 0 Å². The molecule has 0 aliphatic rings. The van der Waals surface area contributed by atoms with Crippen LogP contribution in [0, 0.1) is 5.82 Å². The average molecular weight is 237 g/mol. The van der Waals surface area contributed by atoms with Gasteiger partial charge < -0.3 is 0 Å². The minimum atomic E-state index is -0.384. The van der Waals surface area contributed by atoms with Gasteiger partial charge in [0.05, 0.1) is 0 Å². The van der Waals surface area contributed by atoms with Crippen molar-refractivity contribution < 1.29 is 4.39 Å². The Kier molecular flexibility index (Phi) is 2.66. The van der Waals surface area contributed by atoms with E-state index in [0.717, 1.165) is 0 Å². The molecule has 11 heavy (non-hydrogen) atoms. The van der Waals surface area contributed by atoms with Crippen molar-refractivity contribution in [1.82, 2.24) is 0 Å². The minimum absolute atomic E-state index is 0.346. The Bertz CT molecular complexity index is 280. The van der Waals surface area contributed by atoms with Crippen molar-refractivity contribution in [3.63, 3.8) is 0 Å². The summed E-state index contributed by atoms with van der Waals surface area (Å²) in [4.78, 5) is 0. The molecule has 0 saturated heterocycles. The van der Waals surface area contributed by atoms with Crippen LogP contribution < -0.4 is 5.73 Å². The van der Waals surface area contributed by atoms with Gasteiger partial charge in [-0.2, -0.15) is 0 Å². The van der Waals surface area contributed by atoms with Gasteiger partial charge in [0.15, 0.2) is 0 Å². The number of nitrogens with two attached hydrogens (primary N) is 1. The van der Waals surface area contributed by atoms with Crippen molar-refractivity contribution in [2.75, 3.05) is 0 Å². The third-order valence-corrected chi connectivity index (χ3v) is 1.86. The van der Waals surface area contributed by atoms with E-state index in [1.54, 1.807) is 6.07 Å². The molecule has 0 amide bonds. The van der Waals surface area contributed by atoms with Crippen molar-refractivity contribution in [3.05, 3.63) is 34.6 Å². The van der Waals surface area contributed by atoms with Gasteiger partial charge in [0, 0.05) is 0 Å². The SMILES string of the molecule is NC(=[Se])c1cc(F)cc(Cl)c1. The Labute approximate surface area is 76.7 Å². The summed E-state index contributed by atoms with van der Waals surface area (Å²) in [5.41, 5.74) is 5.97. The number of rotatable bonds is 1. The van der Waals surface area contributed by atoms with Crippen molar-refractivity contribution in [1.29, 1.82) is 0 Å². The van der Waals surface area contributed by atoms with Gasteiger partial charge >= 0.3 is 76.4 Å². The molecule has 1 nitrogen and oxygen atoms in total. The summed E-state index contributed by atoms with van der Waals surface area (Å²) in [5, 5.41) is 0.346. The zero-order valence-electron chi connectivity index (χ0n) is 5.47. The van der Waals surface area contributed by atoms with Gasteiger partial charge in [-0.1, -0.05) is 0 Å².